The second-order valence-electron chi connectivity index (χ2n) is 5.22. The third kappa shape index (κ3) is 3.03. The lowest BCUT2D eigenvalue weighted by atomic mass is 10.1. The van der Waals surface area contributed by atoms with Gasteiger partial charge in [-0.2, -0.15) is 0 Å². The molecule has 0 fully saturated rings. The number of nitrogens with two attached hydrogens (primary N) is 1. The summed E-state index contributed by atoms with van der Waals surface area (Å²) < 4.78 is 6.13. The van der Waals surface area contributed by atoms with Crippen LogP contribution >= 0.6 is 0 Å². The molecule has 1 unspecified atom stereocenters. The van der Waals surface area contributed by atoms with Gasteiger partial charge in [0.2, 0.25) is 0 Å². The Morgan fingerprint density at radius 2 is 1.81 bits per heavy atom. The van der Waals surface area contributed by atoms with Gasteiger partial charge in [-0.15, -0.1) is 0 Å². The van der Waals surface area contributed by atoms with E-state index in [1.165, 1.54) is 0 Å². The molecule has 0 saturated carbocycles. The van der Waals surface area contributed by atoms with E-state index in [2.05, 4.69) is 11.1 Å². The van der Waals surface area contributed by atoms with Gasteiger partial charge in [0.15, 0.2) is 0 Å². The third-order valence-corrected chi connectivity index (χ3v) is 3.34. The van der Waals surface area contributed by atoms with E-state index in [0.717, 1.165) is 34.4 Å². The number of nitrogens with zero attached hydrogens (tertiary/aromatic N) is 1. The Labute approximate surface area is 124 Å². The van der Waals surface area contributed by atoms with Crippen LogP contribution < -0.4 is 10.5 Å². The Morgan fingerprint density at radius 3 is 2.67 bits per heavy atom. The maximum Gasteiger partial charge on any atom is 0.136 e. The molecule has 3 rings (SSSR count). The Bertz CT molecular complexity index is 748. The average Bonchev–Trinajstić information content (AvgIpc) is 2.49. The van der Waals surface area contributed by atoms with Crippen molar-refractivity contribution in [3.63, 3.8) is 0 Å². The molecule has 106 valence electrons. The number of rotatable bonds is 4. The van der Waals surface area contributed by atoms with E-state index in [4.69, 9.17) is 10.5 Å². The molecule has 0 aliphatic heterocycles. The zero-order valence-corrected chi connectivity index (χ0v) is 12.0. The first-order valence-electron chi connectivity index (χ1n) is 7.09. The second kappa shape index (κ2) is 5.94. The van der Waals surface area contributed by atoms with Crippen molar-refractivity contribution in [1.82, 2.24) is 4.98 Å². The van der Waals surface area contributed by atoms with Crippen LogP contribution in [0.5, 0.6) is 11.5 Å². The van der Waals surface area contributed by atoms with Crippen molar-refractivity contribution >= 4 is 10.9 Å². The first-order valence-corrected chi connectivity index (χ1v) is 7.09. The first kappa shape index (κ1) is 13.6. The lowest BCUT2D eigenvalue weighted by Crippen LogP contribution is -2.18. The highest BCUT2D eigenvalue weighted by Crippen LogP contribution is 2.31. The van der Waals surface area contributed by atoms with Gasteiger partial charge in [0, 0.05) is 17.6 Å². The summed E-state index contributed by atoms with van der Waals surface area (Å²) in [6.45, 7) is 2.00. The molecule has 0 spiro atoms. The Morgan fingerprint density at radius 1 is 1.00 bits per heavy atom. The summed E-state index contributed by atoms with van der Waals surface area (Å²) in [4.78, 5) is 4.35. The van der Waals surface area contributed by atoms with E-state index in [1.807, 2.05) is 55.5 Å². The number of benzene rings is 2. The van der Waals surface area contributed by atoms with Crippen LogP contribution in [0.15, 0.2) is 60.8 Å². The minimum absolute atomic E-state index is 0.101. The molecule has 2 aromatic carbocycles. The van der Waals surface area contributed by atoms with Crippen molar-refractivity contribution in [1.29, 1.82) is 0 Å². The zero-order chi connectivity index (χ0) is 14.7. The lowest BCUT2D eigenvalue weighted by Gasteiger charge is -2.14. The summed E-state index contributed by atoms with van der Waals surface area (Å²) in [5.74, 6) is 1.67. The molecule has 0 aliphatic rings. The van der Waals surface area contributed by atoms with Crippen molar-refractivity contribution in [3.05, 3.63) is 66.4 Å². The molecule has 1 aromatic heterocycles. The second-order valence-corrected chi connectivity index (χ2v) is 5.22. The van der Waals surface area contributed by atoms with Crippen LogP contribution in [0.4, 0.5) is 0 Å². The molecular formula is C18H18N2O. The first-order chi connectivity index (χ1) is 10.2. The highest BCUT2D eigenvalue weighted by Gasteiger charge is 2.08. The topological polar surface area (TPSA) is 48.1 Å². The summed E-state index contributed by atoms with van der Waals surface area (Å²) >= 11 is 0. The highest BCUT2D eigenvalue weighted by atomic mass is 16.5. The predicted molar refractivity (Wildman–Crippen MR) is 85.6 cm³/mol. The predicted octanol–water partition coefficient (Wildman–Crippen LogP) is 3.92. The minimum Gasteiger partial charge on any atom is -0.456 e. The van der Waals surface area contributed by atoms with Crippen LogP contribution in [-0.2, 0) is 6.42 Å². The Kier molecular flexibility index (Phi) is 3.84. The third-order valence-electron chi connectivity index (χ3n) is 3.34. The number of para-hydroxylation sites is 1. The number of ether oxygens (including phenoxy) is 1. The number of hydrogen-bond donors (Lipinski definition) is 1. The molecule has 21 heavy (non-hydrogen) atoms. The van der Waals surface area contributed by atoms with Gasteiger partial charge in [-0.25, -0.2) is 0 Å². The van der Waals surface area contributed by atoms with Gasteiger partial charge in [0.1, 0.15) is 11.5 Å². The molecule has 0 saturated heterocycles. The van der Waals surface area contributed by atoms with Crippen molar-refractivity contribution in [2.45, 2.75) is 19.4 Å². The fraction of sp³-hybridized carbons (Fsp3) is 0.167. The van der Waals surface area contributed by atoms with Crippen LogP contribution in [0, 0.1) is 0 Å². The fourth-order valence-corrected chi connectivity index (χ4v) is 2.40. The van der Waals surface area contributed by atoms with Crippen molar-refractivity contribution in [3.8, 4) is 11.5 Å². The van der Waals surface area contributed by atoms with E-state index in [1.54, 1.807) is 6.20 Å². The molecule has 2 N–H and O–H groups in total. The van der Waals surface area contributed by atoms with Gasteiger partial charge in [0.05, 0.1) is 5.52 Å². The summed E-state index contributed by atoms with van der Waals surface area (Å²) in [7, 11) is 0. The maximum atomic E-state index is 6.13. The van der Waals surface area contributed by atoms with E-state index in [0.29, 0.717) is 0 Å². The Balaban J connectivity index is 1.99. The highest BCUT2D eigenvalue weighted by molar-refractivity contribution is 5.85. The maximum absolute atomic E-state index is 6.13. The fourth-order valence-electron chi connectivity index (χ4n) is 2.40. The molecule has 1 atom stereocenters. The number of aromatic nitrogens is 1. The van der Waals surface area contributed by atoms with Gasteiger partial charge >= 0.3 is 0 Å². The molecule has 3 heteroatoms. The standard InChI is InChI=1S/C18H18N2O/c1-13(19)12-14-6-2-3-9-17(14)21-18-10-4-8-16-15(18)7-5-11-20-16/h2-11,13H,12,19H2,1H3. The van der Waals surface area contributed by atoms with Crippen LogP contribution in [-0.4, -0.2) is 11.0 Å². The van der Waals surface area contributed by atoms with Crippen LogP contribution in [0.25, 0.3) is 10.9 Å². The largest absolute Gasteiger partial charge is 0.456 e. The van der Waals surface area contributed by atoms with Gasteiger partial charge in [-0.05, 0) is 49.2 Å². The monoisotopic (exact) mass is 278 g/mol. The molecular weight excluding hydrogens is 260 g/mol. The van der Waals surface area contributed by atoms with Gasteiger partial charge in [-0.1, -0.05) is 24.3 Å². The van der Waals surface area contributed by atoms with Crippen LogP contribution in [0.3, 0.4) is 0 Å². The molecule has 0 amide bonds. The summed E-state index contributed by atoms with van der Waals surface area (Å²) in [6.07, 6.45) is 2.58. The zero-order valence-electron chi connectivity index (χ0n) is 12.0. The normalized spacial score (nSPS) is 12.3. The number of hydrogen-bond acceptors (Lipinski definition) is 3. The molecule has 0 aliphatic carbocycles. The van der Waals surface area contributed by atoms with Crippen molar-refractivity contribution in [2.24, 2.45) is 5.73 Å². The number of fused-ring (bicyclic) bond motifs is 1. The molecule has 3 aromatic rings. The van der Waals surface area contributed by atoms with Crippen molar-refractivity contribution in [2.75, 3.05) is 0 Å². The summed E-state index contributed by atoms with van der Waals surface area (Å²) in [5, 5.41) is 1.01. The average molecular weight is 278 g/mol. The summed E-state index contributed by atoms with van der Waals surface area (Å²) in [5.41, 5.74) is 7.96. The van der Waals surface area contributed by atoms with E-state index in [-0.39, 0.29) is 6.04 Å². The van der Waals surface area contributed by atoms with E-state index >= 15 is 0 Å². The molecule has 3 nitrogen and oxygen atoms in total. The quantitative estimate of drug-likeness (QED) is 0.787. The summed E-state index contributed by atoms with van der Waals surface area (Å²) in [6, 6.07) is 18.0. The lowest BCUT2D eigenvalue weighted by molar-refractivity contribution is 0.479. The minimum atomic E-state index is 0.101. The molecule has 1 heterocycles. The van der Waals surface area contributed by atoms with Gasteiger partial charge in [0.25, 0.3) is 0 Å². The van der Waals surface area contributed by atoms with Gasteiger partial charge < -0.3 is 10.5 Å². The smallest absolute Gasteiger partial charge is 0.136 e. The van der Waals surface area contributed by atoms with E-state index in [9.17, 15) is 0 Å². The molecule has 0 radical (unpaired) electrons. The Hall–Kier alpha value is -2.39. The van der Waals surface area contributed by atoms with Crippen LogP contribution in [0.1, 0.15) is 12.5 Å². The van der Waals surface area contributed by atoms with Gasteiger partial charge in [-0.3, -0.25) is 4.98 Å². The SMILES string of the molecule is CC(N)Cc1ccccc1Oc1cccc2ncccc12. The van der Waals surface area contributed by atoms with Crippen molar-refractivity contribution < 1.29 is 4.74 Å². The number of pyridine rings is 1. The van der Waals surface area contributed by atoms with Crippen LogP contribution in [0.2, 0.25) is 0 Å². The molecule has 0 bridgehead atoms. The van der Waals surface area contributed by atoms with E-state index < -0.39 is 0 Å².